The maximum Gasteiger partial charge on any atom is 0.0348 e. The van der Waals surface area contributed by atoms with Crippen molar-refractivity contribution in [2.24, 2.45) is 0 Å². The van der Waals surface area contributed by atoms with Crippen LogP contribution in [0.4, 0.5) is 11.4 Å². The quantitative estimate of drug-likeness (QED) is 0.631. The molecule has 0 bridgehead atoms. The molecule has 0 aliphatic carbocycles. The third-order valence-electron chi connectivity index (χ3n) is 1.69. The first-order valence-corrected chi connectivity index (χ1v) is 3.88. The predicted molar refractivity (Wildman–Crippen MR) is 49.3 cm³/mol. The maximum atomic E-state index is 5.72. The van der Waals surface area contributed by atoms with Crippen molar-refractivity contribution in [3.05, 3.63) is 23.8 Å². The smallest absolute Gasteiger partial charge is 0.0348 e. The molecule has 0 spiro atoms. The summed E-state index contributed by atoms with van der Waals surface area (Å²) in [6.07, 6.45) is 2.12. The number of nitrogens with two attached hydrogens (primary N) is 2. The summed E-state index contributed by atoms with van der Waals surface area (Å²) in [4.78, 5) is 0. The van der Waals surface area contributed by atoms with Crippen LogP contribution < -0.4 is 11.5 Å². The third kappa shape index (κ3) is 1.87. The van der Waals surface area contributed by atoms with E-state index in [1.807, 2.05) is 18.2 Å². The molecule has 4 N–H and O–H groups in total. The lowest BCUT2D eigenvalue weighted by molar-refractivity contribution is 0.925. The highest BCUT2D eigenvalue weighted by molar-refractivity contribution is 5.55. The second-order valence-electron chi connectivity index (χ2n) is 2.71. The molecular weight excluding hydrogens is 136 g/mol. The third-order valence-corrected chi connectivity index (χ3v) is 1.69. The van der Waals surface area contributed by atoms with Crippen LogP contribution in [-0.4, -0.2) is 0 Å². The standard InChI is InChI=1S/C9H14N2/c1-2-3-7-6-8(10)4-5-9(7)11/h4-6H,2-3,10-11H2,1H3. The Bertz CT molecular complexity index is 243. The van der Waals surface area contributed by atoms with Gasteiger partial charge in [0.15, 0.2) is 0 Å². The number of rotatable bonds is 2. The van der Waals surface area contributed by atoms with E-state index in [0.717, 1.165) is 29.8 Å². The molecule has 1 rings (SSSR count). The minimum Gasteiger partial charge on any atom is -0.399 e. The van der Waals surface area contributed by atoms with Crippen LogP contribution in [0.1, 0.15) is 18.9 Å². The fraction of sp³-hybridized carbons (Fsp3) is 0.333. The maximum absolute atomic E-state index is 5.72. The summed E-state index contributed by atoms with van der Waals surface area (Å²) in [5.41, 5.74) is 14.1. The van der Waals surface area contributed by atoms with Crippen molar-refractivity contribution >= 4 is 11.4 Å². The second-order valence-corrected chi connectivity index (χ2v) is 2.71. The predicted octanol–water partition coefficient (Wildman–Crippen LogP) is 1.80. The van der Waals surface area contributed by atoms with Crippen molar-refractivity contribution < 1.29 is 0 Å². The first kappa shape index (κ1) is 7.92. The van der Waals surface area contributed by atoms with Crippen molar-refractivity contribution in [1.29, 1.82) is 0 Å². The summed E-state index contributed by atoms with van der Waals surface area (Å²) in [5, 5.41) is 0. The molecule has 0 radical (unpaired) electrons. The van der Waals surface area contributed by atoms with E-state index in [2.05, 4.69) is 6.92 Å². The van der Waals surface area contributed by atoms with E-state index in [1.54, 1.807) is 0 Å². The molecule has 60 valence electrons. The largest absolute Gasteiger partial charge is 0.399 e. The van der Waals surface area contributed by atoms with E-state index in [9.17, 15) is 0 Å². The number of hydrogen-bond acceptors (Lipinski definition) is 2. The summed E-state index contributed by atoms with van der Waals surface area (Å²) >= 11 is 0. The van der Waals surface area contributed by atoms with Gasteiger partial charge in [-0.15, -0.1) is 0 Å². The van der Waals surface area contributed by atoms with E-state index in [4.69, 9.17) is 11.5 Å². The zero-order chi connectivity index (χ0) is 8.27. The van der Waals surface area contributed by atoms with Crippen molar-refractivity contribution in [1.82, 2.24) is 0 Å². The fourth-order valence-electron chi connectivity index (χ4n) is 1.11. The lowest BCUT2D eigenvalue weighted by Crippen LogP contribution is -1.95. The molecule has 2 heteroatoms. The Balaban J connectivity index is 2.93. The molecule has 2 nitrogen and oxygen atoms in total. The lowest BCUT2D eigenvalue weighted by atomic mass is 10.1. The van der Waals surface area contributed by atoms with Crippen LogP contribution in [0, 0.1) is 0 Å². The number of benzene rings is 1. The molecule has 0 saturated carbocycles. The molecule has 11 heavy (non-hydrogen) atoms. The molecule has 0 fully saturated rings. The van der Waals surface area contributed by atoms with Gasteiger partial charge in [-0.1, -0.05) is 13.3 Å². The molecule has 0 amide bonds. The molecule has 0 unspecified atom stereocenters. The summed E-state index contributed by atoms with van der Waals surface area (Å²) in [7, 11) is 0. The van der Waals surface area contributed by atoms with Gasteiger partial charge in [0.25, 0.3) is 0 Å². The molecule has 0 aliphatic heterocycles. The molecule has 0 aromatic heterocycles. The monoisotopic (exact) mass is 150 g/mol. The van der Waals surface area contributed by atoms with Crippen molar-refractivity contribution in [3.8, 4) is 0 Å². The molecule has 0 heterocycles. The van der Waals surface area contributed by atoms with Crippen LogP contribution >= 0.6 is 0 Å². The summed E-state index contributed by atoms with van der Waals surface area (Å²) < 4.78 is 0. The minimum atomic E-state index is 0.794. The highest BCUT2D eigenvalue weighted by Gasteiger charge is 1.96. The van der Waals surface area contributed by atoms with Crippen LogP contribution in [-0.2, 0) is 6.42 Å². The summed E-state index contributed by atoms with van der Waals surface area (Å²) in [6, 6.07) is 5.63. The molecule has 0 atom stereocenters. The van der Waals surface area contributed by atoms with Crippen LogP contribution in [0.5, 0.6) is 0 Å². The minimum absolute atomic E-state index is 0.794. The average molecular weight is 150 g/mol. The zero-order valence-electron chi connectivity index (χ0n) is 6.80. The van der Waals surface area contributed by atoms with Gasteiger partial charge in [0, 0.05) is 11.4 Å². The first-order chi connectivity index (χ1) is 5.24. The number of anilines is 2. The van der Waals surface area contributed by atoms with Crippen LogP contribution in [0.25, 0.3) is 0 Å². The number of nitrogen functional groups attached to an aromatic ring is 2. The van der Waals surface area contributed by atoms with Gasteiger partial charge < -0.3 is 11.5 Å². The Morgan fingerprint density at radius 3 is 2.64 bits per heavy atom. The van der Waals surface area contributed by atoms with Crippen LogP contribution in [0.3, 0.4) is 0 Å². The number of aryl methyl sites for hydroxylation is 1. The zero-order valence-corrected chi connectivity index (χ0v) is 6.80. The Hall–Kier alpha value is -1.18. The van der Waals surface area contributed by atoms with Gasteiger partial charge in [-0.2, -0.15) is 0 Å². The Labute approximate surface area is 67.2 Å². The van der Waals surface area contributed by atoms with Gasteiger partial charge in [0.2, 0.25) is 0 Å². The normalized spacial score (nSPS) is 9.91. The SMILES string of the molecule is CCCc1cc(N)ccc1N. The van der Waals surface area contributed by atoms with Gasteiger partial charge in [-0.25, -0.2) is 0 Å². The highest BCUT2D eigenvalue weighted by Crippen LogP contribution is 2.16. The van der Waals surface area contributed by atoms with Gasteiger partial charge in [0.1, 0.15) is 0 Å². The van der Waals surface area contributed by atoms with E-state index in [1.165, 1.54) is 0 Å². The molecule has 1 aromatic carbocycles. The summed E-state index contributed by atoms with van der Waals surface area (Å²) in [5.74, 6) is 0. The Morgan fingerprint density at radius 1 is 1.27 bits per heavy atom. The van der Waals surface area contributed by atoms with E-state index < -0.39 is 0 Å². The first-order valence-electron chi connectivity index (χ1n) is 3.88. The van der Waals surface area contributed by atoms with Crippen LogP contribution in [0.2, 0.25) is 0 Å². The van der Waals surface area contributed by atoms with Crippen molar-refractivity contribution in [2.75, 3.05) is 11.5 Å². The van der Waals surface area contributed by atoms with Crippen molar-refractivity contribution in [3.63, 3.8) is 0 Å². The van der Waals surface area contributed by atoms with Gasteiger partial charge in [0.05, 0.1) is 0 Å². The molecule has 1 aromatic rings. The topological polar surface area (TPSA) is 52.0 Å². The lowest BCUT2D eigenvalue weighted by Gasteiger charge is -2.03. The highest BCUT2D eigenvalue weighted by atomic mass is 14.6. The van der Waals surface area contributed by atoms with E-state index in [-0.39, 0.29) is 0 Å². The second kappa shape index (κ2) is 3.28. The molecule has 0 saturated heterocycles. The molecular formula is C9H14N2. The van der Waals surface area contributed by atoms with Gasteiger partial charge >= 0.3 is 0 Å². The van der Waals surface area contributed by atoms with Crippen molar-refractivity contribution in [2.45, 2.75) is 19.8 Å². The van der Waals surface area contributed by atoms with Crippen LogP contribution in [0.15, 0.2) is 18.2 Å². The Kier molecular flexibility index (Phi) is 2.36. The van der Waals surface area contributed by atoms with E-state index in [0.29, 0.717) is 0 Å². The molecule has 0 aliphatic rings. The van der Waals surface area contributed by atoms with Gasteiger partial charge in [-0.05, 0) is 30.2 Å². The average Bonchev–Trinajstić information content (AvgIpc) is 1.98. The Morgan fingerprint density at radius 2 is 2.00 bits per heavy atom. The van der Waals surface area contributed by atoms with E-state index >= 15 is 0 Å². The van der Waals surface area contributed by atoms with Gasteiger partial charge in [-0.3, -0.25) is 0 Å². The fourth-order valence-corrected chi connectivity index (χ4v) is 1.11. The summed E-state index contributed by atoms with van der Waals surface area (Å²) in [6.45, 7) is 2.13. The number of hydrogen-bond donors (Lipinski definition) is 2.